The third kappa shape index (κ3) is 7.14. The summed E-state index contributed by atoms with van der Waals surface area (Å²) in [6, 6.07) is 14.5. The first kappa shape index (κ1) is 21.8. The highest BCUT2D eigenvalue weighted by Gasteiger charge is 2.20. The van der Waals surface area contributed by atoms with Crippen molar-refractivity contribution in [1.82, 2.24) is 15.5 Å². The number of aliphatic hydroxyl groups excluding tert-OH is 1. The Labute approximate surface area is 178 Å². The third-order valence-corrected chi connectivity index (χ3v) is 6.29. The lowest BCUT2D eigenvalue weighted by Crippen LogP contribution is -2.44. The van der Waals surface area contributed by atoms with Crippen LogP contribution in [0.15, 0.2) is 52.8 Å². The highest BCUT2D eigenvalue weighted by atomic mass is 32.1. The smallest absolute Gasteiger partial charge is 0.191 e. The van der Waals surface area contributed by atoms with Gasteiger partial charge in [0.1, 0.15) is 0 Å². The second kappa shape index (κ2) is 12.0. The molecule has 1 saturated heterocycles. The number of rotatable bonds is 9. The van der Waals surface area contributed by atoms with E-state index in [0.29, 0.717) is 12.5 Å². The van der Waals surface area contributed by atoms with E-state index >= 15 is 0 Å². The van der Waals surface area contributed by atoms with E-state index in [1.807, 2.05) is 29.5 Å². The Morgan fingerprint density at radius 2 is 2.10 bits per heavy atom. The first-order chi connectivity index (χ1) is 14.3. The lowest BCUT2D eigenvalue weighted by molar-refractivity contribution is 0.169. The molecule has 1 fully saturated rings. The van der Waals surface area contributed by atoms with Crippen LogP contribution in [0.2, 0.25) is 0 Å². The molecule has 1 aromatic heterocycles. The lowest BCUT2D eigenvalue weighted by atomic mass is 9.98. The number of hydrogen-bond acceptors (Lipinski definition) is 4. The molecule has 3 rings (SSSR count). The van der Waals surface area contributed by atoms with Gasteiger partial charge in [-0.2, -0.15) is 0 Å². The van der Waals surface area contributed by atoms with E-state index in [1.54, 1.807) is 0 Å². The molecule has 29 heavy (non-hydrogen) atoms. The van der Waals surface area contributed by atoms with E-state index in [9.17, 15) is 5.11 Å². The number of thiophene rings is 1. The maximum Gasteiger partial charge on any atom is 0.191 e. The van der Waals surface area contributed by atoms with Crippen molar-refractivity contribution in [3.05, 3.63) is 58.3 Å². The molecule has 2 atom stereocenters. The summed E-state index contributed by atoms with van der Waals surface area (Å²) in [6.07, 6.45) is 2.52. The second-order valence-electron chi connectivity index (χ2n) is 7.71. The van der Waals surface area contributed by atoms with Crippen LogP contribution in [-0.2, 0) is 6.54 Å². The first-order valence-corrected chi connectivity index (χ1v) is 11.6. The molecule has 0 spiro atoms. The number of hydrogen-bond donors (Lipinski definition) is 3. The van der Waals surface area contributed by atoms with Crippen LogP contribution in [0.4, 0.5) is 0 Å². The minimum Gasteiger partial charge on any atom is -0.396 e. The summed E-state index contributed by atoms with van der Waals surface area (Å²) < 4.78 is 0. The molecule has 3 N–H and O–H groups in total. The Morgan fingerprint density at radius 3 is 2.83 bits per heavy atom. The number of piperidine rings is 1. The number of nitrogens with zero attached hydrogens (tertiary/aromatic N) is 2. The minimum atomic E-state index is 0.0302. The molecule has 2 aromatic rings. The summed E-state index contributed by atoms with van der Waals surface area (Å²) in [5.41, 5.74) is 1.13. The lowest BCUT2D eigenvalue weighted by Gasteiger charge is -2.32. The van der Waals surface area contributed by atoms with E-state index in [2.05, 4.69) is 52.1 Å². The number of nitrogens with one attached hydrogen (secondary N) is 2. The standard InChI is InChI=1S/C23H34N4OS/c1-2-24-23(26-15-21(18-28)20-9-4-3-5-10-20)25-14-19-8-6-12-27(16-19)17-22-11-7-13-29-22/h3-5,7,9-11,13,19,21,28H,2,6,8,12,14-18H2,1H3,(H2,24,25,26). The highest BCUT2D eigenvalue weighted by Crippen LogP contribution is 2.20. The van der Waals surface area contributed by atoms with Crippen molar-refractivity contribution in [1.29, 1.82) is 0 Å². The molecule has 0 saturated carbocycles. The second-order valence-corrected chi connectivity index (χ2v) is 8.75. The molecule has 2 heterocycles. The molecule has 5 nitrogen and oxygen atoms in total. The van der Waals surface area contributed by atoms with Gasteiger partial charge in [-0.3, -0.25) is 9.89 Å². The normalized spacial score (nSPS) is 19.1. The van der Waals surface area contributed by atoms with Crippen LogP contribution in [0, 0.1) is 5.92 Å². The van der Waals surface area contributed by atoms with Gasteiger partial charge in [-0.25, -0.2) is 0 Å². The molecular weight excluding hydrogens is 380 g/mol. The molecule has 0 amide bonds. The van der Waals surface area contributed by atoms with Gasteiger partial charge in [-0.15, -0.1) is 11.3 Å². The van der Waals surface area contributed by atoms with E-state index in [0.717, 1.165) is 37.7 Å². The number of aliphatic imine (C=N–C) groups is 1. The maximum atomic E-state index is 9.78. The highest BCUT2D eigenvalue weighted by molar-refractivity contribution is 7.09. The van der Waals surface area contributed by atoms with Crippen molar-refractivity contribution in [3.8, 4) is 0 Å². The molecule has 2 unspecified atom stereocenters. The largest absolute Gasteiger partial charge is 0.396 e. The van der Waals surface area contributed by atoms with Crippen LogP contribution in [0.25, 0.3) is 0 Å². The summed E-state index contributed by atoms with van der Waals surface area (Å²) in [5.74, 6) is 1.51. The molecular formula is C23H34N4OS. The molecule has 0 aliphatic carbocycles. The monoisotopic (exact) mass is 414 g/mol. The zero-order chi connectivity index (χ0) is 20.3. The van der Waals surface area contributed by atoms with Crippen molar-refractivity contribution < 1.29 is 5.11 Å². The van der Waals surface area contributed by atoms with Gasteiger partial charge in [0.05, 0.1) is 13.2 Å². The summed E-state index contributed by atoms with van der Waals surface area (Å²) in [7, 11) is 0. The molecule has 1 aliphatic rings. The zero-order valence-electron chi connectivity index (χ0n) is 17.4. The Kier molecular flexibility index (Phi) is 8.99. The van der Waals surface area contributed by atoms with E-state index in [-0.39, 0.29) is 12.5 Å². The predicted octanol–water partition coefficient (Wildman–Crippen LogP) is 3.29. The average Bonchev–Trinajstić information content (AvgIpc) is 3.26. The summed E-state index contributed by atoms with van der Waals surface area (Å²) in [6.45, 7) is 7.92. The SMILES string of the molecule is CCNC(=NCC(CO)c1ccccc1)NCC1CCCN(Cc2cccs2)C1. The average molecular weight is 415 g/mol. The molecule has 1 aromatic carbocycles. The Balaban J connectivity index is 1.51. The first-order valence-electron chi connectivity index (χ1n) is 10.7. The van der Waals surface area contributed by atoms with Crippen molar-refractivity contribution >= 4 is 17.3 Å². The topological polar surface area (TPSA) is 59.9 Å². The van der Waals surface area contributed by atoms with Gasteiger partial charge < -0.3 is 15.7 Å². The van der Waals surface area contributed by atoms with Crippen molar-refractivity contribution in [2.75, 3.05) is 39.3 Å². The number of likely N-dealkylation sites (tertiary alicyclic amines) is 1. The van der Waals surface area contributed by atoms with Gasteiger partial charge in [-0.1, -0.05) is 36.4 Å². The minimum absolute atomic E-state index is 0.0302. The molecule has 1 aliphatic heterocycles. The molecule has 0 bridgehead atoms. The Bertz CT molecular complexity index is 720. The fourth-order valence-electron chi connectivity index (χ4n) is 3.86. The fraction of sp³-hybridized carbons (Fsp3) is 0.522. The summed E-state index contributed by atoms with van der Waals surface area (Å²) in [4.78, 5) is 8.77. The van der Waals surface area contributed by atoms with Gasteiger partial charge >= 0.3 is 0 Å². The Hall–Kier alpha value is -1.89. The quantitative estimate of drug-likeness (QED) is 0.435. The third-order valence-electron chi connectivity index (χ3n) is 5.43. The van der Waals surface area contributed by atoms with Crippen LogP contribution in [0.1, 0.15) is 36.1 Å². The van der Waals surface area contributed by atoms with Crippen molar-refractivity contribution in [2.45, 2.75) is 32.2 Å². The number of aliphatic hydroxyl groups is 1. The van der Waals surface area contributed by atoms with Crippen LogP contribution < -0.4 is 10.6 Å². The van der Waals surface area contributed by atoms with Gasteiger partial charge in [-0.05, 0) is 49.2 Å². The maximum absolute atomic E-state index is 9.78. The van der Waals surface area contributed by atoms with Crippen molar-refractivity contribution in [3.63, 3.8) is 0 Å². The zero-order valence-corrected chi connectivity index (χ0v) is 18.2. The Morgan fingerprint density at radius 1 is 1.24 bits per heavy atom. The molecule has 158 valence electrons. The fourth-order valence-corrected chi connectivity index (χ4v) is 4.61. The van der Waals surface area contributed by atoms with E-state index in [4.69, 9.17) is 4.99 Å². The van der Waals surface area contributed by atoms with Crippen LogP contribution >= 0.6 is 11.3 Å². The molecule has 0 radical (unpaired) electrons. The van der Waals surface area contributed by atoms with Crippen LogP contribution in [0.5, 0.6) is 0 Å². The number of benzene rings is 1. The summed E-state index contributed by atoms with van der Waals surface area (Å²) in [5, 5.41) is 18.8. The van der Waals surface area contributed by atoms with E-state index in [1.165, 1.54) is 24.3 Å². The summed E-state index contributed by atoms with van der Waals surface area (Å²) >= 11 is 1.85. The number of guanidine groups is 1. The molecule has 6 heteroatoms. The van der Waals surface area contributed by atoms with Gasteiger partial charge in [0, 0.05) is 37.0 Å². The van der Waals surface area contributed by atoms with Crippen molar-refractivity contribution in [2.24, 2.45) is 10.9 Å². The van der Waals surface area contributed by atoms with Crippen LogP contribution in [0.3, 0.4) is 0 Å². The van der Waals surface area contributed by atoms with E-state index < -0.39 is 0 Å². The van der Waals surface area contributed by atoms with Crippen LogP contribution in [-0.4, -0.2) is 55.3 Å². The van der Waals surface area contributed by atoms with Gasteiger partial charge in [0.2, 0.25) is 0 Å². The van der Waals surface area contributed by atoms with Gasteiger partial charge in [0.15, 0.2) is 5.96 Å². The van der Waals surface area contributed by atoms with Gasteiger partial charge in [0.25, 0.3) is 0 Å². The predicted molar refractivity (Wildman–Crippen MR) is 123 cm³/mol.